The predicted molar refractivity (Wildman–Crippen MR) is 107 cm³/mol. The third kappa shape index (κ3) is 5.56. The first-order valence-electron chi connectivity index (χ1n) is 8.81. The fourth-order valence-electron chi connectivity index (χ4n) is 2.67. The maximum atomic E-state index is 12.6. The number of hydrogen-bond donors (Lipinski definition) is 1. The first-order chi connectivity index (χ1) is 13.4. The average molecular weight is 404 g/mol. The number of carbonyl (C=O) groups is 1. The van der Waals surface area contributed by atoms with E-state index < -0.39 is 28.1 Å². The molecule has 2 atom stereocenters. The van der Waals surface area contributed by atoms with Gasteiger partial charge < -0.3 is 14.8 Å². The van der Waals surface area contributed by atoms with Gasteiger partial charge in [0, 0.05) is 0 Å². The van der Waals surface area contributed by atoms with Gasteiger partial charge >= 0.3 is 6.09 Å². The van der Waals surface area contributed by atoms with Crippen molar-refractivity contribution >= 4 is 22.0 Å². The SMILES string of the molecule is CCOC(=O)N[C@@H](c1ccccc1)[C@H](C)/C(=N\S(=O)(=O)c1ccccc1)OC. The molecule has 1 N–H and O–H groups in total. The summed E-state index contributed by atoms with van der Waals surface area (Å²) in [6.45, 7) is 3.65. The minimum Gasteiger partial charge on any atom is -0.483 e. The number of nitrogens with one attached hydrogen (secondary N) is 1. The van der Waals surface area contributed by atoms with E-state index >= 15 is 0 Å². The molecule has 0 aromatic heterocycles. The Bertz CT molecular complexity index is 899. The van der Waals surface area contributed by atoms with Crippen molar-refractivity contribution in [2.45, 2.75) is 24.8 Å². The molecule has 150 valence electrons. The summed E-state index contributed by atoms with van der Waals surface area (Å²) in [4.78, 5) is 12.1. The molecule has 1 amide bonds. The average Bonchev–Trinajstić information content (AvgIpc) is 2.71. The summed E-state index contributed by atoms with van der Waals surface area (Å²) in [7, 11) is -2.60. The molecule has 0 bridgehead atoms. The highest BCUT2D eigenvalue weighted by Crippen LogP contribution is 2.25. The number of ether oxygens (including phenoxy) is 2. The predicted octanol–water partition coefficient (Wildman–Crippen LogP) is 3.54. The van der Waals surface area contributed by atoms with Crippen molar-refractivity contribution in [2.24, 2.45) is 10.3 Å². The quantitative estimate of drug-likeness (QED) is 0.563. The van der Waals surface area contributed by atoms with Crippen molar-refractivity contribution in [3.63, 3.8) is 0 Å². The minimum absolute atomic E-state index is 0.0190. The van der Waals surface area contributed by atoms with Crippen LogP contribution in [0.1, 0.15) is 25.5 Å². The molecule has 0 saturated carbocycles. The van der Waals surface area contributed by atoms with Gasteiger partial charge in [0.1, 0.15) is 0 Å². The van der Waals surface area contributed by atoms with E-state index in [9.17, 15) is 13.2 Å². The summed E-state index contributed by atoms with van der Waals surface area (Å²) in [6.07, 6.45) is -0.607. The van der Waals surface area contributed by atoms with Crippen LogP contribution in [-0.2, 0) is 19.5 Å². The molecule has 2 aromatic rings. The lowest BCUT2D eigenvalue weighted by atomic mass is 9.94. The molecule has 0 heterocycles. The second-order valence-corrected chi connectivity index (χ2v) is 7.57. The molecule has 0 radical (unpaired) electrons. The smallest absolute Gasteiger partial charge is 0.407 e. The van der Waals surface area contributed by atoms with Gasteiger partial charge in [-0.15, -0.1) is 4.40 Å². The lowest BCUT2D eigenvalue weighted by Gasteiger charge is -2.25. The van der Waals surface area contributed by atoms with Crippen LogP contribution in [0.5, 0.6) is 0 Å². The second kappa shape index (κ2) is 9.89. The minimum atomic E-state index is -3.95. The summed E-state index contributed by atoms with van der Waals surface area (Å²) >= 11 is 0. The molecule has 8 heteroatoms. The van der Waals surface area contributed by atoms with E-state index in [1.807, 2.05) is 30.3 Å². The fraction of sp³-hybridized carbons (Fsp3) is 0.300. The van der Waals surface area contributed by atoms with Gasteiger partial charge in [0.2, 0.25) is 5.90 Å². The van der Waals surface area contributed by atoms with Crippen LogP contribution in [0.4, 0.5) is 4.79 Å². The third-order valence-electron chi connectivity index (χ3n) is 4.06. The Balaban J connectivity index is 2.39. The highest BCUT2D eigenvalue weighted by molar-refractivity contribution is 7.90. The van der Waals surface area contributed by atoms with Gasteiger partial charge in [0.05, 0.1) is 30.6 Å². The van der Waals surface area contributed by atoms with E-state index in [4.69, 9.17) is 9.47 Å². The third-order valence-corrected chi connectivity index (χ3v) is 5.35. The van der Waals surface area contributed by atoms with E-state index in [0.29, 0.717) is 0 Å². The number of sulfonamides is 1. The number of alkyl carbamates (subject to hydrolysis) is 1. The molecule has 2 rings (SSSR count). The molecule has 0 spiro atoms. The number of carbonyl (C=O) groups excluding carboxylic acids is 1. The summed E-state index contributed by atoms with van der Waals surface area (Å²) in [5.74, 6) is -0.593. The number of benzene rings is 2. The van der Waals surface area contributed by atoms with Crippen molar-refractivity contribution < 1.29 is 22.7 Å². The Morgan fingerprint density at radius 3 is 2.18 bits per heavy atom. The first kappa shape index (κ1) is 21.4. The molecule has 0 unspecified atom stereocenters. The highest BCUT2D eigenvalue weighted by Gasteiger charge is 2.29. The van der Waals surface area contributed by atoms with Gasteiger partial charge in [-0.2, -0.15) is 8.42 Å². The van der Waals surface area contributed by atoms with Gasteiger partial charge in [-0.05, 0) is 24.6 Å². The van der Waals surface area contributed by atoms with Crippen LogP contribution in [0.25, 0.3) is 0 Å². The Morgan fingerprint density at radius 2 is 1.64 bits per heavy atom. The lowest BCUT2D eigenvalue weighted by molar-refractivity contribution is 0.145. The number of rotatable bonds is 7. The van der Waals surface area contributed by atoms with Crippen LogP contribution >= 0.6 is 0 Å². The van der Waals surface area contributed by atoms with Crippen molar-refractivity contribution in [3.8, 4) is 0 Å². The Morgan fingerprint density at radius 1 is 1.07 bits per heavy atom. The molecular formula is C20H24N2O5S. The van der Waals surface area contributed by atoms with Gasteiger partial charge in [0.15, 0.2) is 0 Å². The molecule has 2 aromatic carbocycles. The van der Waals surface area contributed by atoms with Gasteiger partial charge in [-0.25, -0.2) is 4.79 Å². The van der Waals surface area contributed by atoms with Crippen molar-refractivity contribution in [2.75, 3.05) is 13.7 Å². The zero-order valence-corrected chi connectivity index (χ0v) is 16.8. The summed E-state index contributed by atoms with van der Waals surface area (Å²) in [5, 5.41) is 2.76. The number of nitrogens with zero attached hydrogens (tertiary/aromatic N) is 1. The standard InChI is InChI=1S/C20H24N2O5S/c1-4-27-20(23)21-18(16-11-7-5-8-12-16)15(2)19(26-3)22-28(24,25)17-13-9-6-10-14-17/h5-15,18H,4H2,1-3H3,(H,21,23)/b22-19+/t15-,18+/m0/s1. The van der Waals surface area contributed by atoms with Gasteiger partial charge in [-0.3, -0.25) is 0 Å². The maximum Gasteiger partial charge on any atom is 0.407 e. The van der Waals surface area contributed by atoms with Crippen LogP contribution in [0.15, 0.2) is 70.0 Å². The maximum absolute atomic E-state index is 12.6. The normalized spacial score (nSPS) is 14.0. The number of hydrogen-bond acceptors (Lipinski definition) is 5. The molecular weight excluding hydrogens is 380 g/mol. The van der Waals surface area contributed by atoms with E-state index in [1.165, 1.54) is 19.2 Å². The molecule has 7 nitrogen and oxygen atoms in total. The summed E-state index contributed by atoms with van der Waals surface area (Å²) < 4.78 is 39.4. The Hall–Kier alpha value is -2.87. The molecule has 0 aliphatic rings. The lowest BCUT2D eigenvalue weighted by Crippen LogP contribution is -2.36. The Labute approximate surface area is 165 Å². The van der Waals surface area contributed by atoms with Gasteiger partial charge in [0.25, 0.3) is 10.0 Å². The van der Waals surface area contributed by atoms with Gasteiger partial charge in [-0.1, -0.05) is 55.5 Å². The highest BCUT2D eigenvalue weighted by atomic mass is 32.2. The molecule has 0 saturated heterocycles. The van der Waals surface area contributed by atoms with Crippen molar-refractivity contribution in [1.82, 2.24) is 5.32 Å². The first-order valence-corrected chi connectivity index (χ1v) is 10.2. The second-order valence-electron chi connectivity index (χ2n) is 5.96. The van der Waals surface area contributed by atoms with Crippen LogP contribution in [0.2, 0.25) is 0 Å². The van der Waals surface area contributed by atoms with Crippen LogP contribution < -0.4 is 5.32 Å². The van der Waals surface area contributed by atoms with E-state index in [2.05, 4.69) is 9.71 Å². The number of methoxy groups -OCH3 is 1. The topological polar surface area (TPSA) is 94.1 Å². The Kier molecular flexibility index (Phi) is 7.57. The number of amides is 1. The molecule has 0 fully saturated rings. The molecule has 0 aliphatic heterocycles. The van der Waals surface area contributed by atoms with Crippen molar-refractivity contribution in [3.05, 3.63) is 66.2 Å². The largest absolute Gasteiger partial charge is 0.483 e. The van der Waals surface area contributed by atoms with Crippen LogP contribution in [-0.4, -0.2) is 34.1 Å². The molecule has 0 aliphatic carbocycles. The molecule has 28 heavy (non-hydrogen) atoms. The zero-order valence-electron chi connectivity index (χ0n) is 16.0. The van der Waals surface area contributed by atoms with E-state index in [-0.39, 0.29) is 17.4 Å². The van der Waals surface area contributed by atoms with E-state index in [0.717, 1.165) is 5.56 Å². The summed E-state index contributed by atoms with van der Waals surface area (Å²) in [6, 6.07) is 16.4. The van der Waals surface area contributed by atoms with Crippen molar-refractivity contribution in [1.29, 1.82) is 0 Å². The van der Waals surface area contributed by atoms with Crippen LogP contribution in [0, 0.1) is 5.92 Å². The summed E-state index contributed by atoms with van der Waals surface area (Å²) in [5.41, 5.74) is 0.768. The fourth-order valence-corrected chi connectivity index (χ4v) is 3.75. The zero-order chi connectivity index (χ0) is 20.6. The van der Waals surface area contributed by atoms with Crippen LogP contribution in [0.3, 0.4) is 0 Å². The monoisotopic (exact) mass is 404 g/mol. The van der Waals surface area contributed by atoms with E-state index in [1.54, 1.807) is 32.0 Å².